The Bertz CT molecular complexity index is 1820. The number of thioether (sulfide) groups is 2. The maximum atomic E-state index is 10.9. The first-order valence-electron chi connectivity index (χ1n) is 16.1. The highest BCUT2D eigenvalue weighted by molar-refractivity contribution is 8.00. The van der Waals surface area contributed by atoms with Gasteiger partial charge in [-0.15, -0.1) is 20.4 Å². The Morgan fingerprint density at radius 1 is 0.571 bits per heavy atom. The Kier molecular flexibility index (Phi) is 10.6. The number of para-hydroxylation sites is 2. The average Bonchev–Trinajstić information content (AvgIpc) is 3.75. The van der Waals surface area contributed by atoms with Crippen molar-refractivity contribution in [2.45, 2.75) is 35.9 Å². The molecular formula is C36H36N8O3S2. The van der Waals surface area contributed by atoms with Crippen LogP contribution in [0.3, 0.4) is 0 Å². The second kappa shape index (κ2) is 15.9. The van der Waals surface area contributed by atoms with Gasteiger partial charge < -0.3 is 25.4 Å². The molecule has 6 aromatic rings. The molecule has 1 aliphatic heterocycles. The van der Waals surface area contributed by atoms with Crippen LogP contribution in [-0.2, 0) is 13.1 Å². The summed E-state index contributed by atoms with van der Waals surface area (Å²) in [6.45, 7) is 1.07. The lowest BCUT2D eigenvalue weighted by Crippen LogP contribution is -2.26. The predicted octanol–water partition coefficient (Wildman–Crippen LogP) is 6.10. The Hall–Kier alpha value is -4.98. The highest BCUT2D eigenvalue weighted by Gasteiger charge is 2.18. The zero-order chi connectivity index (χ0) is 33.3. The molecule has 4 aromatic carbocycles. The van der Waals surface area contributed by atoms with E-state index in [9.17, 15) is 5.11 Å². The van der Waals surface area contributed by atoms with Crippen molar-refractivity contribution in [1.29, 1.82) is 0 Å². The first-order valence-corrected chi connectivity index (χ1v) is 18.0. The third-order valence-electron chi connectivity index (χ3n) is 7.74. The van der Waals surface area contributed by atoms with E-state index in [1.807, 2.05) is 119 Å². The summed E-state index contributed by atoms with van der Waals surface area (Å²) in [7, 11) is 0. The van der Waals surface area contributed by atoms with Gasteiger partial charge in [0.2, 0.25) is 10.3 Å². The summed E-state index contributed by atoms with van der Waals surface area (Å²) in [5.41, 5.74) is 10.8. The van der Waals surface area contributed by atoms with E-state index in [2.05, 4.69) is 31.2 Å². The molecule has 250 valence electrons. The molecule has 0 amide bonds. The fourth-order valence-electron chi connectivity index (χ4n) is 5.28. The number of aromatic nitrogens is 6. The summed E-state index contributed by atoms with van der Waals surface area (Å²) in [6.07, 6.45) is 0.0578. The van der Waals surface area contributed by atoms with Crippen LogP contribution in [0.15, 0.2) is 120 Å². The number of benzene rings is 4. The fraction of sp³-hybridized carbons (Fsp3) is 0.222. The van der Waals surface area contributed by atoms with E-state index in [0.717, 1.165) is 62.1 Å². The van der Waals surface area contributed by atoms with Crippen molar-refractivity contribution in [2.75, 3.05) is 35.6 Å². The van der Waals surface area contributed by atoms with Crippen molar-refractivity contribution in [1.82, 2.24) is 29.7 Å². The van der Waals surface area contributed by atoms with Gasteiger partial charge in [-0.3, -0.25) is 0 Å². The minimum absolute atomic E-state index is 0.0716. The summed E-state index contributed by atoms with van der Waals surface area (Å²) in [5.74, 6) is 4.48. The zero-order valence-electron chi connectivity index (χ0n) is 26.7. The molecule has 11 nitrogen and oxygen atoms in total. The number of fused-ring (bicyclic) bond motifs is 4. The lowest BCUT2D eigenvalue weighted by atomic mass is 10.2. The van der Waals surface area contributed by atoms with Gasteiger partial charge >= 0.3 is 0 Å². The lowest BCUT2D eigenvalue weighted by Gasteiger charge is -2.19. The second-order valence-electron chi connectivity index (χ2n) is 11.2. The first kappa shape index (κ1) is 32.6. The Morgan fingerprint density at radius 2 is 1.00 bits per heavy atom. The Balaban J connectivity index is 1.16. The normalized spacial score (nSPS) is 14.9. The zero-order valence-corrected chi connectivity index (χ0v) is 28.3. The van der Waals surface area contributed by atoms with E-state index in [1.54, 1.807) is 23.5 Å². The minimum Gasteiger partial charge on any atom is -0.490 e. The summed E-state index contributed by atoms with van der Waals surface area (Å²) in [4.78, 5) is 0. The summed E-state index contributed by atoms with van der Waals surface area (Å²) in [6, 6.07) is 35.6. The first-order chi connectivity index (χ1) is 24.2. The molecule has 0 bridgehead atoms. The molecule has 0 saturated carbocycles. The number of rotatable bonds is 2. The largest absolute Gasteiger partial charge is 0.490 e. The molecule has 0 spiro atoms. The van der Waals surface area contributed by atoms with Crippen LogP contribution in [0, 0.1) is 0 Å². The number of aliphatic hydroxyl groups is 1. The molecule has 1 aliphatic rings. The van der Waals surface area contributed by atoms with E-state index in [1.165, 1.54) is 0 Å². The van der Waals surface area contributed by atoms with E-state index >= 15 is 0 Å². The third kappa shape index (κ3) is 8.02. The van der Waals surface area contributed by atoms with Gasteiger partial charge in [0.15, 0.2) is 11.6 Å². The molecule has 49 heavy (non-hydrogen) atoms. The van der Waals surface area contributed by atoms with Crippen molar-refractivity contribution in [3.8, 4) is 34.3 Å². The maximum Gasteiger partial charge on any atom is 0.210 e. The van der Waals surface area contributed by atoms with Gasteiger partial charge in [-0.25, -0.2) is 9.35 Å². The average molecular weight is 693 g/mol. The predicted molar refractivity (Wildman–Crippen MR) is 193 cm³/mol. The summed E-state index contributed by atoms with van der Waals surface area (Å²) < 4.78 is 16.1. The molecule has 0 aliphatic carbocycles. The summed E-state index contributed by atoms with van der Waals surface area (Å²) >= 11 is 3.30. The number of aliphatic hydroxyl groups excluding tert-OH is 1. The lowest BCUT2D eigenvalue weighted by molar-refractivity contribution is 0.0620. The van der Waals surface area contributed by atoms with Crippen LogP contribution in [0.25, 0.3) is 22.8 Å². The second-order valence-corrected chi connectivity index (χ2v) is 13.4. The van der Waals surface area contributed by atoms with Crippen molar-refractivity contribution < 1.29 is 14.6 Å². The van der Waals surface area contributed by atoms with E-state index in [0.29, 0.717) is 24.6 Å². The molecule has 0 atom stereocenters. The Morgan fingerprint density at radius 3 is 1.47 bits per heavy atom. The van der Waals surface area contributed by atoms with Crippen LogP contribution in [0.2, 0.25) is 0 Å². The van der Waals surface area contributed by atoms with Crippen LogP contribution < -0.4 is 20.3 Å². The quantitative estimate of drug-likeness (QED) is 0.195. The van der Waals surface area contributed by atoms with Crippen LogP contribution in [0.4, 0.5) is 0 Å². The van der Waals surface area contributed by atoms with Crippen molar-refractivity contribution in [3.05, 3.63) is 120 Å². The molecule has 0 unspecified atom stereocenters. The van der Waals surface area contributed by atoms with E-state index < -0.39 is 6.10 Å². The molecule has 3 N–H and O–H groups in total. The number of hydrogen-bond acceptors (Lipinski definition) is 11. The molecule has 0 saturated heterocycles. The SMILES string of the molecule is OC1COc2ccccc2CNn2c(nnc2-c2ccccc2)SCCCSc2nnc(-c3ccccc3)n2NCc2ccccc2OC1. The highest BCUT2D eigenvalue weighted by Crippen LogP contribution is 2.28. The monoisotopic (exact) mass is 692 g/mol. The molecule has 13 heteroatoms. The van der Waals surface area contributed by atoms with Crippen molar-refractivity contribution in [3.63, 3.8) is 0 Å². The number of hydrogen-bond donors (Lipinski definition) is 3. The molecule has 0 radical (unpaired) electrons. The van der Waals surface area contributed by atoms with Gasteiger partial charge in [-0.2, -0.15) is 0 Å². The smallest absolute Gasteiger partial charge is 0.210 e. The van der Waals surface area contributed by atoms with Crippen LogP contribution in [-0.4, -0.2) is 65.7 Å². The van der Waals surface area contributed by atoms with E-state index in [4.69, 9.17) is 9.47 Å². The van der Waals surface area contributed by atoms with Crippen molar-refractivity contribution >= 4 is 23.5 Å². The Labute approximate surface area is 293 Å². The molecule has 2 aromatic heterocycles. The minimum atomic E-state index is -0.851. The number of nitrogens with one attached hydrogen (secondary N) is 2. The van der Waals surface area contributed by atoms with Gasteiger partial charge in [0.25, 0.3) is 0 Å². The standard InChI is InChI=1S/C36H36N8O3S2/c45-30-24-46-31-18-9-7-16-28(31)22-37-43-33(26-12-3-1-4-13-26)39-41-35(43)48-20-11-21-49-36-42-40-34(27-14-5-2-6-15-27)44(36)38-23-29-17-8-10-19-32(29)47-25-30/h1-10,12-19,30,37-38,45H,11,20-25H2. The van der Waals surface area contributed by atoms with E-state index in [-0.39, 0.29) is 13.2 Å². The number of nitrogens with zero attached hydrogens (tertiary/aromatic N) is 6. The van der Waals surface area contributed by atoms with Gasteiger partial charge in [-0.1, -0.05) is 121 Å². The topological polar surface area (TPSA) is 124 Å². The van der Waals surface area contributed by atoms with Crippen LogP contribution >= 0.6 is 23.5 Å². The van der Waals surface area contributed by atoms with Gasteiger partial charge in [0, 0.05) is 33.8 Å². The van der Waals surface area contributed by atoms with Gasteiger partial charge in [-0.05, 0) is 18.6 Å². The highest BCUT2D eigenvalue weighted by atomic mass is 32.2. The third-order valence-corrected chi connectivity index (χ3v) is 9.78. The molecule has 3 heterocycles. The van der Waals surface area contributed by atoms with Crippen molar-refractivity contribution in [2.24, 2.45) is 0 Å². The van der Waals surface area contributed by atoms with Crippen LogP contribution in [0.5, 0.6) is 11.5 Å². The maximum absolute atomic E-state index is 10.9. The summed E-state index contributed by atoms with van der Waals surface area (Å²) in [5, 5.41) is 30.6. The van der Waals surface area contributed by atoms with Crippen LogP contribution in [0.1, 0.15) is 17.5 Å². The molecule has 0 fully saturated rings. The number of ether oxygens (including phenoxy) is 2. The fourth-order valence-corrected chi connectivity index (χ4v) is 7.16. The van der Waals surface area contributed by atoms with Gasteiger partial charge in [0.05, 0.1) is 13.1 Å². The molecule has 7 rings (SSSR count). The molecular weight excluding hydrogens is 657 g/mol. The van der Waals surface area contributed by atoms with Gasteiger partial charge in [0.1, 0.15) is 30.8 Å².